The van der Waals surface area contributed by atoms with Gasteiger partial charge in [-0.25, -0.2) is 4.98 Å². The van der Waals surface area contributed by atoms with E-state index in [4.69, 9.17) is 0 Å². The van der Waals surface area contributed by atoms with E-state index in [9.17, 15) is 36.2 Å². The highest BCUT2D eigenvalue weighted by atomic mass is 19.4. The Kier molecular flexibility index (Phi) is 6.16. The predicted octanol–water partition coefficient (Wildman–Crippen LogP) is 4.22. The third-order valence-electron chi connectivity index (χ3n) is 5.53. The molecule has 0 aliphatic carbocycles. The number of alkyl halides is 6. The van der Waals surface area contributed by atoms with Gasteiger partial charge in [0.1, 0.15) is 5.82 Å². The van der Waals surface area contributed by atoms with E-state index in [-0.39, 0.29) is 31.0 Å². The molecule has 32 heavy (non-hydrogen) atoms. The Bertz CT molecular complexity index is 973. The highest BCUT2D eigenvalue weighted by Gasteiger charge is 2.51. The molecule has 2 atom stereocenters. The van der Waals surface area contributed by atoms with Gasteiger partial charge in [0, 0.05) is 37.4 Å². The van der Waals surface area contributed by atoms with Crippen molar-refractivity contribution in [2.75, 3.05) is 24.5 Å². The van der Waals surface area contributed by atoms with Gasteiger partial charge < -0.3 is 14.9 Å². The van der Waals surface area contributed by atoms with E-state index in [0.29, 0.717) is 6.92 Å². The van der Waals surface area contributed by atoms with E-state index >= 15 is 0 Å². The van der Waals surface area contributed by atoms with Crippen LogP contribution in [-0.4, -0.2) is 52.8 Å². The van der Waals surface area contributed by atoms with E-state index in [0.717, 1.165) is 18.2 Å². The summed E-state index contributed by atoms with van der Waals surface area (Å²) in [6.07, 6.45) is -8.19. The smallest absolute Gasteiger partial charge is 0.376 e. The second-order valence-electron chi connectivity index (χ2n) is 7.81. The van der Waals surface area contributed by atoms with Crippen molar-refractivity contribution in [2.45, 2.75) is 37.8 Å². The normalized spacial score (nSPS) is 19.6. The molecule has 2 aromatic rings. The molecule has 1 aromatic carbocycles. The molecule has 1 N–H and O–H groups in total. The van der Waals surface area contributed by atoms with Crippen LogP contribution in [0.3, 0.4) is 0 Å². The molecule has 1 saturated heterocycles. The topological polar surface area (TPSA) is 56.7 Å². The van der Waals surface area contributed by atoms with Crippen molar-refractivity contribution in [1.29, 1.82) is 0 Å². The summed E-state index contributed by atoms with van der Waals surface area (Å²) >= 11 is 0. The molecule has 174 valence electrons. The maximum atomic E-state index is 13.3. The quantitative estimate of drug-likeness (QED) is 0.696. The Morgan fingerprint density at radius 3 is 2.22 bits per heavy atom. The number of aliphatic hydroxyl groups is 1. The summed E-state index contributed by atoms with van der Waals surface area (Å²) in [5, 5.41) is 9.75. The van der Waals surface area contributed by atoms with E-state index < -0.39 is 41.0 Å². The van der Waals surface area contributed by atoms with E-state index in [2.05, 4.69) is 4.98 Å². The molecule has 1 fully saturated rings. The number of nitrogens with zero attached hydrogens (tertiary/aromatic N) is 3. The summed E-state index contributed by atoms with van der Waals surface area (Å²) in [6, 6.07) is 6.13. The standard InChI is InChI=1S/C21H21F6N3O2/c1-13-12-29(17-16(20(22,23)24)4-3-9-28-17)10-11-30(13)18(31)14-5-7-15(8-6-14)19(2,32)21(25,26)27/h3-9,13,32H,10-12H2,1-2H3/t13-,19+/m1/s1. The van der Waals surface area contributed by atoms with Gasteiger partial charge in [0.2, 0.25) is 0 Å². The molecule has 3 rings (SSSR count). The van der Waals surface area contributed by atoms with Crippen LogP contribution >= 0.6 is 0 Å². The Hall–Kier alpha value is -2.82. The maximum absolute atomic E-state index is 13.3. The Labute approximate surface area is 180 Å². The fourth-order valence-electron chi connectivity index (χ4n) is 3.59. The molecule has 1 aromatic heterocycles. The molecular formula is C21H21F6N3O2. The average molecular weight is 461 g/mol. The van der Waals surface area contributed by atoms with Crippen molar-refractivity contribution in [3.05, 3.63) is 59.3 Å². The van der Waals surface area contributed by atoms with Gasteiger partial charge in [-0.1, -0.05) is 12.1 Å². The maximum Gasteiger partial charge on any atom is 0.421 e. The number of pyridine rings is 1. The van der Waals surface area contributed by atoms with Gasteiger partial charge in [-0.05, 0) is 43.7 Å². The summed E-state index contributed by atoms with van der Waals surface area (Å²) in [6.45, 7) is 2.61. The fraction of sp³-hybridized carbons (Fsp3) is 0.429. The van der Waals surface area contributed by atoms with Crippen molar-refractivity contribution in [3.8, 4) is 0 Å². The third-order valence-corrected chi connectivity index (χ3v) is 5.53. The average Bonchev–Trinajstić information content (AvgIpc) is 2.72. The third kappa shape index (κ3) is 4.52. The molecule has 0 unspecified atom stereocenters. The van der Waals surface area contributed by atoms with Crippen LogP contribution in [0.25, 0.3) is 0 Å². The number of benzene rings is 1. The Balaban J connectivity index is 1.75. The molecule has 2 heterocycles. The summed E-state index contributed by atoms with van der Waals surface area (Å²) in [5.74, 6) is -0.676. The largest absolute Gasteiger partial charge is 0.421 e. The van der Waals surface area contributed by atoms with Crippen LogP contribution in [0.5, 0.6) is 0 Å². The summed E-state index contributed by atoms with van der Waals surface area (Å²) in [5.41, 5.74) is -4.22. The molecule has 0 saturated carbocycles. The van der Waals surface area contributed by atoms with Crippen molar-refractivity contribution in [3.63, 3.8) is 0 Å². The fourth-order valence-corrected chi connectivity index (χ4v) is 3.59. The number of carbonyl (C=O) groups is 1. The molecule has 1 aliphatic heterocycles. The van der Waals surface area contributed by atoms with E-state index in [1.54, 1.807) is 6.92 Å². The minimum atomic E-state index is -4.88. The highest BCUT2D eigenvalue weighted by Crippen LogP contribution is 2.39. The van der Waals surface area contributed by atoms with Gasteiger partial charge >= 0.3 is 12.4 Å². The van der Waals surface area contributed by atoms with E-state index in [1.807, 2.05) is 0 Å². The van der Waals surface area contributed by atoms with Gasteiger partial charge in [-0.15, -0.1) is 0 Å². The Morgan fingerprint density at radius 2 is 1.69 bits per heavy atom. The molecule has 5 nitrogen and oxygen atoms in total. The lowest BCUT2D eigenvalue weighted by Crippen LogP contribution is -2.54. The van der Waals surface area contributed by atoms with Crippen LogP contribution in [-0.2, 0) is 11.8 Å². The monoisotopic (exact) mass is 461 g/mol. The SMILES string of the molecule is C[C@@H]1CN(c2ncccc2C(F)(F)F)CCN1C(=O)c1ccc([C@](C)(O)C(F)(F)F)cc1. The second-order valence-corrected chi connectivity index (χ2v) is 7.81. The molecule has 11 heteroatoms. The second kappa shape index (κ2) is 8.27. The van der Waals surface area contributed by atoms with Gasteiger partial charge in [-0.2, -0.15) is 26.3 Å². The number of halogens is 6. The Morgan fingerprint density at radius 1 is 1.06 bits per heavy atom. The number of amides is 1. The van der Waals surface area contributed by atoms with Crippen LogP contribution in [0.2, 0.25) is 0 Å². The van der Waals surface area contributed by atoms with E-state index in [1.165, 1.54) is 34.2 Å². The van der Waals surface area contributed by atoms with Crippen molar-refractivity contribution in [1.82, 2.24) is 9.88 Å². The number of carbonyl (C=O) groups excluding carboxylic acids is 1. The van der Waals surface area contributed by atoms with Crippen molar-refractivity contribution >= 4 is 11.7 Å². The van der Waals surface area contributed by atoms with Crippen molar-refractivity contribution in [2.24, 2.45) is 0 Å². The lowest BCUT2D eigenvalue weighted by molar-refractivity contribution is -0.258. The van der Waals surface area contributed by atoms with Crippen LogP contribution in [0, 0.1) is 0 Å². The molecule has 0 bridgehead atoms. The van der Waals surface area contributed by atoms with Gasteiger partial charge in [0.25, 0.3) is 5.91 Å². The number of rotatable bonds is 3. The number of anilines is 1. The lowest BCUT2D eigenvalue weighted by atomic mass is 9.94. The summed E-state index contributed by atoms with van der Waals surface area (Å²) in [4.78, 5) is 19.6. The first-order chi connectivity index (χ1) is 14.7. The van der Waals surface area contributed by atoms with Crippen molar-refractivity contribution < 1.29 is 36.2 Å². The minimum absolute atomic E-state index is 0.104. The first-order valence-electron chi connectivity index (χ1n) is 9.71. The molecule has 1 aliphatic rings. The van der Waals surface area contributed by atoms with Crippen LogP contribution in [0.1, 0.15) is 35.3 Å². The van der Waals surface area contributed by atoms with Crippen LogP contribution in [0.4, 0.5) is 32.2 Å². The van der Waals surface area contributed by atoms with Gasteiger partial charge in [0.05, 0.1) is 5.56 Å². The number of hydrogen-bond acceptors (Lipinski definition) is 4. The zero-order valence-corrected chi connectivity index (χ0v) is 17.2. The number of piperazine rings is 1. The minimum Gasteiger partial charge on any atom is -0.376 e. The zero-order valence-electron chi connectivity index (χ0n) is 17.2. The molecule has 1 amide bonds. The summed E-state index contributed by atoms with van der Waals surface area (Å²) < 4.78 is 78.9. The molecule has 0 spiro atoms. The zero-order chi connectivity index (χ0) is 23.9. The number of aromatic nitrogens is 1. The van der Waals surface area contributed by atoms with Crippen LogP contribution in [0.15, 0.2) is 42.6 Å². The predicted molar refractivity (Wildman–Crippen MR) is 104 cm³/mol. The summed E-state index contributed by atoms with van der Waals surface area (Å²) in [7, 11) is 0. The molecular weight excluding hydrogens is 440 g/mol. The first-order valence-corrected chi connectivity index (χ1v) is 9.71. The first kappa shape index (κ1) is 23.8. The van der Waals surface area contributed by atoms with Crippen LogP contribution < -0.4 is 4.90 Å². The molecule has 0 radical (unpaired) electrons. The van der Waals surface area contributed by atoms with Gasteiger partial charge in [-0.3, -0.25) is 4.79 Å². The highest BCUT2D eigenvalue weighted by molar-refractivity contribution is 5.94. The number of hydrogen-bond donors (Lipinski definition) is 1. The van der Waals surface area contributed by atoms with Gasteiger partial charge in [0.15, 0.2) is 5.60 Å². The lowest BCUT2D eigenvalue weighted by Gasteiger charge is -2.41.